The lowest BCUT2D eigenvalue weighted by molar-refractivity contribution is -0.131. The molecule has 1 fully saturated rings. The van der Waals surface area contributed by atoms with Crippen molar-refractivity contribution >= 4 is 39.5 Å². The Kier molecular flexibility index (Phi) is 4.17. The second-order valence-corrected chi connectivity index (χ2v) is 6.88. The number of carbonyl (C=O) groups is 2. The van der Waals surface area contributed by atoms with E-state index in [0.29, 0.717) is 10.6 Å². The zero-order valence-corrected chi connectivity index (χ0v) is 14.7. The van der Waals surface area contributed by atoms with E-state index >= 15 is 0 Å². The minimum Gasteiger partial charge on any atom is -0.319 e. The molecule has 6 heteroatoms. The Labute approximate surface area is 147 Å². The quantitative estimate of drug-likeness (QED) is 0.799. The third-order valence-electron chi connectivity index (χ3n) is 3.94. The number of rotatable bonds is 3. The van der Waals surface area contributed by atoms with Crippen LogP contribution in [0, 0.1) is 0 Å². The van der Waals surface area contributed by atoms with Crippen LogP contribution >= 0.6 is 27.5 Å². The summed E-state index contributed by atoms with van der Waals surface area (Å²) in [5, 5.41) is 3.22. The summed E-state index contributed by atoms with van der Waals surface area (Å²) >= 11 is 9.57. The Hall–Kier alpha value is -1.85. The van der Waals surface area contributed by atoms with Gasteiger partial charge < -0.3 is 5.32 Å². The van der Waals surface area contributed by atoms with Crippen LogP contribution in [0.15, 0.2) is 53.0 Å². The van der Waals surface area contributed by atoms with Gasteiger partial charge in [0.25, 0.3) is 5.91 Å². The summed E-state index contributed by atoms with van der Waals surface area (Å²) in [6.07, 6.45) is 0. The molecule has 23 heavy (non-hydrogen) atoms. The number of urea groups is 1. The van der Waals surface area contributed by atoms with Gasteiger partial charge in [-0.15, -0.1) is 0 Å². The fraction of sp³-hybridized carbons (Fsp3) is 0.176. The standard InChI is InChI=1S/C17H14BrClN2O2/c1-17(13-4-2-3-5-14(13)19)15(22)21(16(23)20-17)10-11-6-8-12(18)9-7-11/h2-9H,10H2,1H3,(H,20,23)/t17-/m0/s1. The van der Waals surface area contributed by atoms with E-state index in [2.05, 4.69) is 21.2 Å². The highest BCUT2D eigenvalue weighted by molar-refractivity contribution is 9.10. The van der Waals surface area contributed by atoms with Crippen LogP contribution in [0.4, 0.5) is 4.79 Å². The van der Waals surface area contributed by atoms with Crippen LogP contribution in [0.5, 0.6) is 0 Å². The first-order chi connectivity index (χ1) is 10.9. The molecule has 0 saturated carbocycles. The number of carbonyl (C=O) groups excluding carboxylic acids is 2. The average Bonchev–Trinajstić information content (AvgIpc) is 2.74. The Morgan fingerprint density at radius 2 is 1.78 bits per heavy atom. The maximum Gasteiger partial charge on any atom is 0.325 e. The van der Waals surface area contributed by atoms with Crippen LogP contribution in [-0.2, 0) is 16.9 Å². The molecule has 2 aromatic carbocycles. The largest absolute Gasteiger partial charge is 0.325 e. The van der Waals surface area contributed by atoms with Gasteiger partial charge in [0.2, 0.25) is 0 Å². The molecule has 4 nitrogen and oxygen atoms in total. The highest BCUT2D eigenvalue weighted by Crippen LogP contribution is 2.34. The molecule has 0 bridgehead atoms. The van der Waals surface area contributed by atoms with Crippen LogP contribution in [0.3, 0.4) is 0 Å². The van der Waals surface area contributed by atoms with Gasteiger partial charge in [0, 0.05) is 15.1 Å². The van der Waals surface area contributed by atoms with Gasteiger partial charge in [-0.3, -0.25) is 9.69 Å². The van der Waals surface area contributed by atoms with E-state index < -0.39 is 11.6 Å². The number of halogens is 2. The van der Waals surface area contributed by atoms with Crippen molar-refractivity contribution < 1.29 is 9.59 Å². The van der Waals surface area contributed by atoms with Gasteiger partial charge >= 0.3 is 6.03 Å². The lowest BCUT2D eigenvalue weighted by Crippen LogP contribution is -2.41. The fourth-order valence-corrected chi connectivity index (χ4v) is 3.25. The normalized spacial score (nSPS) is 20.7. The SMILES string of the molecule is C[C@@]1(c2ccccc2Cl)NC(=O)N(Cc2ccc(Br)cc2)C1=O. The van der Waals surface area contributed by atoms with E-state index in [0.717, 1.165) is 10.0 Å². The molecule has 3 amide bonds. The van der Waals surface area contributed by atoms with Crippen LogP contribution in [0.1, 0.15) is 18.1 Å². The number of benzene rings is 2. The van der Waals surface area contributed by atoms with Gasteiger partial charge in [-0.2, -0.15) is 0 Å². The van der Waals surface area contributed by atoms with Crippen molar-refractivity contribution in [3.05, 3.63) is 69.2 Å². The van der Waals surface area contributed by atoms with Crippen LogP contribution in [-0.4, -0.2) is 16.8 Å². The molecular weight excluding hydrogens is 380 g/mol. The second kappa shape index (κ2) is 5.98. The highest BCUT2D eigenvalue weighted by Gasteiger charge is 2.49. The summed E-state index contributed by atoms with van der Waals surface area (Å²) in [5.41, 5.74) is 0.323. The molecule has 0 aliphatic carbocycles. The third kappa shape index (κ3) is 2.86. The number of hydrogen-bond donors (Lipinski definition) is 1. The second-order valence-electron chi connectivity index (χ2n) is 5.55. The first-order valence-corrected chi connectivity index (χ1v) is 8.22. The van der Waals surface area contributed by atoms with Gasteiger partial charge in [0.05, 0.1) is 6.54 Å². The minimum absolute atomic E-state index is 0.220. The first kappa shape index (κ1) is 16.0. The molecule has 2 aromatic rings. The molecule has 0 spiro atoms. The molecule has 1 heterocycles. The van der Waals surface area contributed by atoms with Crippen molar-refractivity contribution in [3.63, 3.8) is 0 Å². The highest BCUT2D eigenvalue weighted by atomic mass is 79.9. The molecule has 118 valence electrons. The predicted molar refractivity (Wildman–Crippen MR) is 92.0 cm³/mol. The van der Waals surface area contributed by atoms with Gasteiger partial charge in [-0.1, -0.05) is 57.9 Å². The van der Waals surface area contributed by atoms with Gasteiger partial charge in [-0.05, 0) is 30.7 Å². The molecule has 1 atom stereocenters. The van der Waals surface area contributed by atoms with E-state index in [1.54, 1.807) is 31.2 Å². The van der Waals surface area contributed by atoms with Crippen LogP contribution < -0.4 is 5.32 Å². The Morgan fingerprint density at radius 1 is 1.13 bits per heavy atom. The summed E-state index contributed by atoms with van der Waals surface area (Å²) < 4.78 is 0.944. The number of nitrogens with zero attached hydrogens (tertiary/aromatic N) is 1. The van der Waals surface area contributed by atoms with E-state index in [1.165, 1.54) is 4.90 Å². The van der Waals surface area contributed by atoms with Crippen molar-refractivity contribution in [2.24, 2.45) is 0 Å². The summed E-state index contributed by atoms with van der Waals surface area (Å²) in [6, 6.07) is 14.1. The molecule has 1 aliphatic rings. The van der Waals surface area contributed by atoms with E-state index in [-0.39, 0.29) is 12.5 Å². The molecule has 1 saturated heterocycles. The van der Waals surface area contributed by atoms with Gasteiger partial charge in [0.1, 0.15) is 5.54 Å². The summed E-state index contributed by atoms with van der Waals surface area (Å²) in [4.78, 5) is 26.3. The lowest BCUT2D eigenvalue weighted by atomic mass is 9.92. The van der Waals surface area contributed by atoms with Crippen LogP contribution in [0.25, 0.3) is 0 Å². The number of amides is 3. The van der Waals surface area contributed by atoms with Crippen LogP contribution in [0.2, 0.25) is 5.02 Å². The lowest BCUT2D eigenvalue weighted by Gasteiger charge is -2.23. The Morgan fingerprint density at radius 3 is 2.43 bits per heavy atom. The molecule has 0 unspecified atom stereocenters. The first-order valence-electron chi connectivity index (χ1n) is 7.05. The molecule has 0 aromatic heterocycles. The zero-order valence-electron chi connectivity index (χ0n) is 12.3. The Balaban J connectivity index is 1.91. The summed E-state index contributed by atoms with van der Waals surface area (Å²) in [6.45, 7) is 1.90. The van der Waals surface area contributed by atoms with Gasteiger partial charge in [0.15, 0.2) is 0 Å². The summed E-state index contributed by atoms with van der Waals surface area (Å²) in [7, 11) is 0. The van der Waals surface area contributed by atoms with Crippen molar-refractivity contribution in [1.82, 2.24) is 10.2 Å². The fourth-order valence-electron chi connectivity index (χ4n) is 2.66. The van der Waals surface area contributed by atoms with Crippen molar-refractivity contribution in [2.75, 3.05) is 0 Å². The molecule has 1 N–H and O–H groups in total. The van der Waals surface area contributed by atoms with Crippen molar-refractivity contribution in [2.45, 2.75) is 19.0 Å². The number of nitrogens with one attached hydrogen (secondary N) is 1. The molecule has 3 rings (SSSR count). The summed E-state index contributed by atoms with van der Waals surface area (Å²) in [5.74, 6) is -0.307. The van der Waals surface area contributed by atoms with Crippen molar-refractivity contribution in [1.29, 1.82) is 0 Å². The van der Waals surface area contributed by atoms with Crippen molar-refractivity contribution in [3.8, 4) is 0 Å². The van der Waals surface area contributed by atoms with E-state index in [4.69, 9.17) is 11.6 Å². The van der Waals surface area contributed by atoms with Gasteiger partial charge in [-0.25, -0.2) is 4.79 Å². The smallest absolute Gasteiger partial charge is 0.319 e. The number of imide groups is 1. The third-order valence-corrected chi connectivity index (χ3v) is 4.80. The Bertz CT molecular complexity index is 778. The monoisotopic (exact) mass is 392 g/mol. The maximum absolute atomic E-state index is 12.8. The average molecular weight is 394 g/mol. The van der Waals surface area contributed by atoms with E-state index in [9.17, 15) is 9.59 Å². The maximum atomic E-state index is 12.8. The minimum atomic E-state index is -1.15. The molecule has 0 radical (unpaired) electrons. The van der Waals surface area contributed by atoms with E-state index in [1.807, 2.05) is 24.3 Å². The molecular formula is C17H14BrClN2O2. The molecule has 1 aliphatic heterocycles. The topological polar surface area (TPSA) is 49.4 Å². The zero-order chi connectivity index (χ0) is 16.6. The predicted octanol–water partition coefficient (Wildman–Crippen LogP) is 4.07. The number of hydrogen-bond acceptors (Lipinski definition) is 2.